The smallest absolute Gasteiger partial charge is 0.0382 e. The van der Waals surface area contributed by atoms with Crippen LogP contribution in [0.3, 0.4) is 0 Å². The summed E-state index contributed by atoms with van der Waals surface area (Å²) in [6.07, 6.45) is 14.2. The topological polar surface area (TPSA) is 0 Å². The largest absolute Gasteiger partial charge is 0.124 e. The fourth-order valence-corrected chi connectivity index (χ4v) is 0. The lowest BCUT2D eigenvalue weighted by Crippen LogP contribution is -1.36. The zero-order valence-electron chi connectivity index (χ0n) is 6.72. The Hall–Kier alpha value is -1.22. The molecule has 0 aliphatic rings. The van der Waals surface area contributed by atoms with Crippen LogP contribution in [0.4, 0.5) is 0 Å². The third-order valence-corrected chi connectivity index (χ3v) is 0.455. The van der Waals surface area contributed by atoms with Crippen LogP contribution in [0.1, 0.15) is 13.3 Å². The van der Waals surface area contributed by atoms with Crippen molar-refractivity contribution in [2.24, 2.45) is 0 Å². The number of rotatable bonds is 2. The summed E-state index contributed by atoms with van der Waals surface area (Å²) in [4.78, 5) is 0. The maximum Gasteiger partial charge on any atom is -0.0382 e. The minimum absolute atomic E-state index is 1.08. The predicted octanol–water partition coefficient (Wildman–Crippen LogP) is 3.19. The van der Waals surface area contributed by atoms with Gasteiger partial charge in [0.05, 0.1) is 0 Å². The molecular formula is C10H16. The average molecular weight is 136 g/mol. The number of allylic oxidation sites excluding steroid dienone is 3. The molecule has 0 amide bonds. The summed E-state index contributed by atoms with van der Waals surface area (Å²) < 4.78 is 0. The van der Waals surface area contributed by atoms with Gasteiger partial charge in [0.25, 0.3) is 0 Å². The summed E-state index contributed by atoms with van der Waals surface area (Å²) in [7, 11) is 0. The van der Waals surface area contributed by atoms with E-state index in [1.165, 1.54) is 0 Å². The van der Waals surface area contributed by atoms with Crippen LogP contribution in [0.2, 0.25) is 0 Å². The first kappa shape index (κ1) is 15.9. The summed E-state index contributed by atoms with van der Waals surface area (Å²) in [5, 5.41) is 0. The van der Waals surface area contributed by atoms with E-state index in [-0.39, 0.29) is 0 Å². The van der Waals surface area contributed by atoms with Gasteiger partial charge in [0, 0.05) is 0 Å². The van der Waals surface area contributed by atoms with Crippen LogP contribution in [0, 0.1) is 12.8 Å². The highest BCUT2D eigenvalue weighted by Crippen LogP contribution is 1.66. The summed E-state index contributed by atoms with van der Waals surface area (Å²) in [6.45, 7) is 12.3. The van der Waals surface area contributed by atoms with Gasteiger partial charge in [-0.05, 0) is 6.42 Å². The fraction of sp³-hybridized carbons (Fsp3) is 0.200. The Kier molecular flexibility index (Phi) is 73.6. The van der Waals surface area contributed by atoms with E-state index in [1.807, 2.05) is 6.08 Å². The minimum atomic E-state index is 1.08. The van der Waals surface area contributed by atoms with E-state index in [4.69, 9.17) is 0 Å². The van der Waals surface area contributed by atoms with Crippen LogP contribution in [-0.4, -0.2) is 0 Å². The molecule has 56 valence electrons. The van der Waals surface area contributed by atoms with Crippen molar-refractivity contribution in [1.29, 1.82) is 0 Å². The molecular weight excluding hydrogens is 120 g/mol. The van der Waals surface area contributed by atoms with E-state index in [1.54, 1.807) is 12.2 Å². The molecule has 0 saturated heterocycles. The minimum Gasteiger partial charge on any atom is -0.124 e. The standard InChI is InChI=1S/C4H8.C4H6.C2H2/c2*1-3-4-2;1-2/h3H,1,4H2,2H3;3-4H,1-2H2;1-2H. The van der Waals surface area contributed by atoms with Gasteiger partial charge in [-0.1, -0.05) is 38.3 Å². The molecule has 0 bridgehead atoms. The number of hydrogen-bond acceptors (Lipinski definition) is 0. The summed E-state index contributed by atoms with van der Waals surface area (Å²) in [5.74, 6) is 0. The molecule has 0 aromatic heterocycles. The third kappa shape index (κ3) is 372. The molecule has 0 radical (unpaired) electrons. The van der Waals surface area contributed by atoms with E-state index < -0.39 is 0 Å². The molecule has 0 atom stereocenters. The Bertz CT molecular complexity index is 79.5. The summed E-state index contributed by atoms with van der Waals surface area (Å²) in [6, 6.07) is 0. The second kappa shape index (κ2) is 46.3. The van der Waals surface area contributed by atoms with Crippen LogP contribution in [0.25, 0.3) is 0 Å². The highest BCUT2D eigenvalue weighted by Gasteiger charge is 1.45. The molecule has 0 nitrogen and oxygen atoms in total. The molecule has 0 unspecified atom stereocenters. The first-order valence-corrected chi connectivity index (χ1v) is 3.01. The molecule has 0 spiro atoms. The summed E-state index contributed by atoms with van der Waals surface area (Å²) in [5.41, 5.74) is 0. The van der Waals surface area contributed by atoms with Crippen LogP contribution >= 0.6 is 0 Å². The molecule has 0 aliphatic heterocycles. The van der Waals surface area contributed by atoms with Crippen LogP contribution in [0.5, 0.6) is 0 Å². The maximum absolute atomic E-state index is 4.00. The molecule has 0 fully saturated rings. The maximum atomic E-state index is 4.00. The predicted molar refractivity (Wildman–Crippen MR) is 50.8 cm³/mol. The Balaban J connectivity index is -0.0000000787. The van der Waals surface area contributed by atoms with Crippen molar-refractivity contribution in [3.05, 3.63) is 38.0 Å². The number of hydrogen-bond donors (Lipinski definition) is 0. The van der Waals surface area contributed by atoms with Crippen molar-refractivity contribution in [2.45, 2.75) is 13.3 Å². The van der Waals surface area contributed by atoms with Gasteiger partial charge in [-0.15, -0.1) is 19.4 Å². The summed E-state index contributed by atoms with van der Waals surface area (Å²) >= 11 is 0. The lowest BCUT2D eigenvalue weighted by molar-refractivity contribution is 1.23. The van der Waals surface area contributed by atoms with E-state index in [9.17, 15) is 0 Å². The van der Waals surface area contributed by atoms with Gasteiger partial charge in [0.15, 0.2) is 0 Å². The molecule has 0 N–H and O–H groups in total. The Morgan fingerprint density at radius 2 is 1.30 bits per heavy atom. The van der Waals surface area contributed by atoms with Crippen molar-refractivity contribution < 1.29 is 0 Å². The zero-order chi connectivity index (χ0) is 8.83. The number of terminal acetylenes is 1. The highest BCUT2D eigenvalue weighted by molar-refractivity contribution is 4.88. The molecule has 0 aromatic carbocycles. The SMILES string of the molecule is C#C.C=CC=C.C=CCC. The highest BCUT2D eigenvalue weighted by atomic mass is 13.5. The van der Waals surface area contributed by atoms with Crippen molar-refractivity contribution in [3.8, 4) is 12.8 Å². The second-order valence-electron chi connectivity index (χ2n) is 1.17. The van der Waals surface area contributed by atoms with E-state index >= 15 is 0 Å². The van der Waals surface area contributed by atoms with Gasteiger partial charge >= 0.3 is 0 Å². The lowest BCUT2D eigenvalue weighted by atomic mass is 10.5. The molecule has 0 rings (SSSR count). The monoisotopic (exact) mass is 136 g/mol. The Morgan fingerprint density at radius 1 is 1.10 bits per heavy atom. The molecule has 0 heterocycles. The van der Waals surface area contributed by atoms with Gasteiger partial charge in [-0.3, -0.25) is 0 Å². The lowest BCUT2D eigenvalue weighted by Gasteiger charge is -1.57. The van der Waals surface area contributed by atoms with Crippen LogP contribution < -0.4 is 0 Å². The van der Waals surface area contributed by atoms with Gasteiger partial charge < -0.3 is 0 Å². The van der Waals surface area contributed by atoms with Gasteiger partial charge in [-0.2, -0.15) is 0 Å². The van der Waals surface area contributed by atoms with Crippen molar-refractivity contribution >= 4 is 0 Å². The van der Waals surface area contributed by atoms with E-state index in [0.717, 1.165) is 6.42 Å². The molecule has 0 aliphatic carbocycles. The van der Waals surface area contributed by atoms with Crippen molar-refractivity contribution in [1.82, 2.24) is 0 Å². The van der Waals surface area contributed by atoms with Gasteiger partial charge in [0.2, 0.25) is 0 Å². The third-order valence-electron chi connectivity index (χ3n) is 0.455. The Morgan fingerprint density at radius 3 is 1.30 bits per heavy atom. The molecule has 0 heteroatoms. The van der Waals surface area contributed by atoms with E-state index in [0.29, 0.717) is 0 Å². The average Bonchev–Trinajstić information content (AvgIpc) is 2.08. The van der Waals surface area contributed by atoms with Crippen LogP contribution in [-0.2, 0) is 0 Å². The zero-order valence-corrected chi connectivity index (χ0v) is 6.72. The van der Waals surface area contributed by atoms with E-state index in [2.05, 4.69) is 39.5 Å². The van der Waals surface area contributed by atoms with Crippen molar-refractivity contribution in [3.63, 3.8) is 0 Å². The molecule has 10 heavy (non-hydrogen) atoms. The quantitative estimate of drug-likeness (QED) is 0.311. The van der Waals surface area contributed by atoms with Crippen LogP contribution in [0.15, 0.2) is 38.0 Å². The van der Waals surface area contributed by atoms with Gasteiger partial charge in [0.1, 0.15) is 0 Å². The fourth-order valence-electron chi connectivity index (χ4n) is 0. The first-order valence-electron chi connectivity index (χ1n) is 3.01. The Labute approximate surface area is 65.0 Å². The normalized spacial score (nSPS) is 4.70. The molecule has 0 saturated carbocycles. The second-order valence-corrected chi connectivity index (χ2v) is 1.17. The first-order chi connectivity index (χ1) is 4.83. The van der Waals surface area contributed by atoms with Crippen molar-refractivity contribution in [2.75, 3.05) is 0 Å². The molecule has 0 aromatic rings. The van der Waals surface area contributed by atoms with Gasteiger partial charge in [-0.25, -0.2) is 0 Å².